The van der Waals surface area contributed by atoms with Gasteiger partial charge in [-0.15, -0.1) is 0 Å². The summed E-state index contributed by atoms with van der Waals surface area (Å²) in [6, 6.07) is 5.77. The molecular weight excluding hydrogens is 316 g/mol. The lowest BCUT2D eigenvalue weighted by atomic mass is 10.2. The minimum absolute atomic E-state index is 0.0557. The Bertz CT molecular complexity index is 692. The van der Waals surface area contributed by atoms with Gasteiger partial charge in [0.2, 0.25) is 5.91 Å². The highest BCUT2D eigenvalue weighted by molar-refractivity contribution is 6.32. The number of halogens is 1. The summed E-state index contributed by atoms with van der Waals surface area (Å²) in [5, 5.41) is 4.36. The zero-order valence-electron chi connectivity index (χ0n) is 13.2. The van der Waals surface area contributed by atoms with Crippen LogP contribution in [0.4, 0.5) is 0 Å². The van der Waals surface area contributed by atoms with Crippen molar-refractivity contribution in [2.75, 3.05) is 13.2 Å². The molecule has 1 fully saturated rings. The van der Waals surface area contributed by atoms with E-state index in [0.717, 1.165) is 42.5 Å². The van der Waals surface area contributed by atoms with Crippen molar-refractivity contribution in [1.82, 2.24) is 10.3 Å². The maximum Gasteiger partial charge on any atom is 0.217 e. The van der Waals surface area contributed by atoms with E-state index in [4.69, 9.17) is 21.1 Å². The summed E-state index contributed by atoms with van der Waals surface area (Å²) in [5.74, 6) is 0.616. The van der Waals surface area contributed by atoms with Crippen LogP contribution in [0.5, 0.6) is 5.75 Å². The standard InChI is InChI=1S/C17H21ClN2O3/c1-11(21)19-10-13-7-12-8-15(18)17(9-16(12)20-13)23-6-4-14-3-2-5-22-14/h7-9,14,20H,2-6,10H2,1H3,(H,19,21). The molecule has 0 saturated carbocycles. The van der Waals surface area contributed by atoms with Crippen LogP contribution in [0.25, 0.3) is 10.9 Å². The number of ether oxygens (including phenoxy) is 2. The van der Waals surface area contributed by atoms with Crippen LogP contribution < -0.4 is 10.1 Å². The molecule has 2 heterocycles. The molecule has 2 N–H and O–H groups in total. The van der Waals surface area contributed by atoms with Crippen LogP contribution in [0, 0.1) is 0 Å². The number of benzene rings is 1. The molecule has 1 unspecified atom stereocenters. The molecule has 0 radical (unpaired) electrons. The Kier molecular flexibility index (Phi) is 5.08. The van der Waals surface area contributed by atoms with Crippen LogP contribution >= 0.6 is 11.6 Å². The number of rotatable bonds is 6. The van der Waals surface area contributed by atoms with Crippen molar-refractivity contribution in [2.45, 2.75) is 38.8 Å². The van der Waals surface area contributed by atoms with E-state index >= 15 is 0 Å². The molecule has 124 valence electrons. The minimum atomic E-state index is -0.0557. The van der Waals surface area contributed by atoms with Gasteiger partial charge in [-0.2, -0.15) is 0 Å². The van der Waals surface area contributed by atoms with Crippen LogP contribution in [0.1, 0.15) is 31.9 Å². The number of hydrogen-bond acceptors (Lipinski definition) is 3. The van der Waals surface area contributed by atoms with Gasteiger partial charge < -0.3 is 19.8 Å². The lowest BCUT2D eigenvalue weighted by Gasteiger charge is -2.11. The molecule has 5 nitrogen and oxygen atoms in total. The average molecular weight is 337 g/mol. The van der Waals surface area contributed by atoms with Crippen molar-refractivity contribution in [3.05, 3.63) is 28.9 Å². The van der Waals surface area contributed by atoms with E-state index in [1.54, 1.807) is 0 Å². The quantitative estimate of drug-likeness (QED) is 0.849. The van der Waals surface area contributed by atoms with Crippen molar-refractivity contribution in [3.8, 4) is 5.75 Å². The van der Waals surface area contributed by atoms with E-state index in [2.05, 4.69) is 10.3 Å². The highest BCUT2D eigenvalue weighted by Crippen LogP contribution is 2.31. The molecular formula is C17H21ClN2O3. The Labute approximate surface area is 140 Å². The predicted octanol–water partition coefficient (Wildman–Crippen LogP) is 3.41. The van der Waals surface area contributed by atoms with Crippen molar-refractivity contribution in [3.63, 3.8) is 0 Å². The molecule has 1 aromatic carbocycles. The second kappa shape index (κ2) is 7.23. The topological polar surface area (TPSA) is 63.4 Å². The van der Waals surface area contributed by atoms with Gasteiger partial charge in [0.05, 0.1) is 24.3 Å². The number of amides is 1. The molecule has 0 spiro atoms. The third kappa shape index (κ3) is 4.18. The monoisotopic (exact) mass is 336 g/mol. The normalized spacial score (nSPS) is 17.6. The van der Waals surface area contributed by atoms with Crippen molar-refractivity contribution < 1.29 is 14.3 Å². The van der Waals surface area contributed by atoms with E-state index in [-0.39, 0.29) is 5.91 Å². The molecule has 23 heavy (non-hydrogen) atoms. The SMILES string of the molecule is CC(=O)NCc1cc2cc(Cl)c(OCCC3CCCO3)cc2[nH]1. The maximum absolute atomic E-state index is 11.0. The number of carbonyl (C=O) groups excluding carboxylic acids is 1. The van der Waals surface area contributed by atoms with Gasteiger partial charge in [0, 0.05) is 42.6 Å². The van der Waals surface area contributed by atoms with Crippen LogP contribution in [0.3, 0.4) is 0 Å². The van der Waals surface area contributed by atoms with Crippen LogP contribution in [-0.4, -0.2) is 30.2 Å². The third-order valence-electron chi connectivity index (χ3n) is 3.98. The number of nitrogens with one attached hydrogen (secondary N) is 2. The summed E-state index contributed by atoms with van der Waals surface area (Å²) in [6.07, 6.45) is 3.44. The fraction of sp³-hybridized carbons (Fsp3) is 0.471. The van der Waals surface area contributed by atoms with Gasteiger partial charge in [-0.25, -0.2) is 0 Å². The molecule has 3 rings (SSSR count). The fourth-order valence-corrected chi connectivity index (χ4v) is 3.02. The number of aromatic amines is 1. The smallest absolute Gasteiger partial charge is 0.217 e. The second-order valence-corrected chi connectivity index (χ2v) is 6.25. The molecule has 0 aliphatic carbocycles. The first-order valence-electron chi connectivity index (χ1n) is 7.92. The minimum Gasteiger partial charge on any atom is -0.492 e. The summed E-state index contributed by atoms with van der Waals surface area (Å²) in [5.41, 5.74) is 1.88. The van der Waals surface area contributed by atoms with Crippen LogP contribution in [-0.2, 0) is 16.1 Å². The molecule has 2 aromatic rings. The van der Waals surface area contributed by atoms with Crippen LogP contribution in [0.2, 0.25) is 5.02 Å². The Morgan fingerprint density at radius 3 is 3.09 bits per heavy atom. The fourth-order valence-electron chi connectivity index (χ4n) is 2.79. The summed E-state index contributed by atoms with van der Waals surface area (Å²) in [6.45, 7) is 3.42. The average Bonchev–Trinajstić information content (AvgIpc) is 3.14. The van der Waals surface area contributed by atoms with Gasteiger partial charge in [0.1, 0.15) is 5.75 Å². The summed E-state index contributed by atoms with van der Waals surface area (Å²) < 4.78 is 11.4. The van der Waals surface area contributed by atoms with Crippen molar-refractivity contribution in [2.24, 2.45) is 0 Å². The van der Waals surface area contributed by atoms with Gasteiger partial charge in [-0.05, 0) is 25.0 Å². The van der Waals surface area contributed by atoms with E-state index in [0.29, 0.717) is 30.0 Å². The largest absolute Gasteiger partial charge is 0.492 e. The molecule has 1 atom stereocenters. The van der Waals surface area contributed by atoms with Gasteiger partial charge in [-0.1, -0.05) is 11.6 Å². The van der Waals surface area contributed by atoms with Gasteiger partial charge >= 0.3 is 0 Å². The number of H-pyrrole nitrogens is 1. The summed E-state index contributed by atoms with van der Waals surface area (Å²) in [7, 11) is 0. The van der Waals surface area contributed by atoms with Crippen molar-refractivity contribution >= 4 is 28.4 Å². The van der Waals surface area contributed by atoms with E-state index in [9.17, 15) is 4.79 Å². The zero-order chi connectivity index (χ0) is 16.2. The third-order valence-corrected chi connectivity index (χ3v) is 4.27. The second-order valence-electron chi connectivity index (χ2n) is 5.85. The van der Waals surface area contributed by atoms with E-state index in [1.807, 2.05) is 18.2 Å². The predicted molar refractivity (Wildman–Crippen MR) is 89.9 cm³/mol. The Morgan fingerprint density at radius 1 is 1.48 bits per heavy atom. The van der Waals surface area contributed by atoms with E-state index < -0.39 is 0 Å². The molecule has 1 aliphatic rings. The Balaban J connectivity index is 1.65. The van der Waals surface area contributed by atoms with Crippen molar-refractivity contribution in [1.29, 1.82) is 0 Å². The first-order valence-corrected chi connectivity index (χ1v) is 8.29. The lowest BCUT2D eigenvalue weighted by Crippen LogP contribution is -2.18. The first-order chi connectivity index (χ1) is 11.1. The maximum atomic E-state index is 11.0. The number of fused-ring (bicyclic) bond motifs is 1. The summed E-state index contributed by atoms with van der Waals surface area (Å²) in [4.78, 5) is 14.3. The Hall–Kier alpha value is -1.72. The van der Waals surface area contributed by atoms with Crippen LogP contribution in [0.15, 0.2) is 18.2 Å². The number of carbonyl (C=O) groups is 1. The number of hydrogen-bond donors (Lipinski definition) is 2. The highest BCUT2D eigenvalue weighted by atomic mass is 35.5. The lowest BCUT2D eigenvalue weighted by molar-refractivity contribution is -0.119. The molecule has 1 amide bonds. The first kappa shape index (κ1) is 16.1. The van der Waals surface area contributed by atoms with Gasteiger partial charge in [0.15, 0.2) is 0 Å². The highest BCUT2D eigenvalue weighted by Gasteiger charge is 2.15. The molecule has 6 heteroatoms. The van der Waals surface area contributed by atoms with Gasteiger partial charge in [0.25, 0.3) is 0 Å². The molecule has 1 saturated heterocycles. The molecule has 1 aliphatic heterocycles. The Morgan fingerprint density at radius 2 is 2.35 bits per heavy atom. The number of aromatic nitrogens is 1. The van der Waals surface area contributed by atoms with E-state index in [1.165, 1.54) is 6.92 Å². The summed E-state index contributed by atoms with van der Waals surface area (Å²) >= 11 is 6.30. The van der Waals surface area contributed by atoms with Gasteiger partial charge in [-0.3, -0.25) is 4.79 Å². The molecule has 0 bridgehead atoms. The zero-order valence-corrected chi connectivity index (χ0v) is 13.9. The molecule has 1 aromatic heterocycles.